The molecule has 0 amide bonds. The fourth-order valence-electron chi connectivity index (χ4n) is 4.57. The Hall–Kier alpha value is -1.30. The highest BCUT2D eigenvalue weighted by molar-refractivity contribution is 6.30. The zero-order chi connectivity index (χ0) is 19.2. The number of rotatable bonds is 5. The Morgan fingerprint density at radius 2 is 2.00 bits per heavy atom. The van der Waals surface area contributed by atoms with Gasteiger partial charge in [-0.3, -0.25) is 9.89 Å². The van der Waals surface area contributed by atoms with Crippen LogP contribution in [0.5, 0.6) is 0 Å². The van der Waals surface area contributed by atoms with E-state index in [0.29, 0.717) is 17.9 Å². The lowest BCUT2D eigenvalue weighted by Gasteiger charge is -2.40. The van der Waals surface area contributed by atoms with Crippen LogP contribution in [0.4, 0.5) is 0 Å². The average molecular weight is 392 g/mol. The molecule has 2 aliphatic rings. The number of hydrogen-bond acceptors (Lipinski definition) is 3. The molecule has 3 atom stereocenters. The van der Waals surface area contributed by atoms with Crippen LogP contribution in [0.2, 0.25) is 5.02 Å². The first-order valence-electron chi connectivity index (χ1n) is 10.2. The van der Waals surface area contributed by atoms with Crippen LogP contribution >= 0.6 is 11.6 Å². The van der Waals surface area contributed by atoms with Crippen LogP contribution in [-0.2, 0) is 0 Å². The van der Waals surface area contributed by atoms with Crippen molar-refractivity contribution in [2.24, 2.45) is 16.8 Å². The van der Waals surface area contributed by atoms with Crippen LogP contribution in [0, 0.1) is 11.8 Å². The van der Waals surface area contributed by atoms with E-state index >= 15 is 0 Å². The zero-order valence-corrected chi connectivity index (χ0v) is 17.7. The molecule has 3 rings (SSSR count). The first-order chi connectivity index (χ1) is 13.1. The molecule has 150 valence electrons. The normalized spacial score (nSPS) is 27.7. The fraction of sp³-hybridized carbons (Fsp3) is 0.667. The van der Waals surface area contributed by atoms with Crippen molar-refractivity contribution in [3.05, 3.63) is 34.9 Å². The highest BCUT2D eigenvalue weighted by Gasteiger charge is 2.30. The lowest BCUT2D eigenvalue weighted by atomic mass is 9.85. The van der Waals surface area contributed by atoms with E-state index in [4.69, 9.17) is 11.6 Å². The number of likely N-dealkylation sites (tertiary alicyclic amines) is 2. The van der Waals surface area contributed by atoms with Crippen LogP contribution in [0.1, 0.15) is 30.9 Å². The maximum absolute atomic E-state index is 6.26. The molecule has 2 N–H and O–H groups in total. The molecule has 0 saturated carbocycles. The first-order valence-corrected chi connectivity index (χ1v) is 10.5. The van der Waals surface area contributed by atoms with Crippen molar-refractivity contribution in [1.82, 2.24) is 20.4 Å². The Morgan fingerprint density at radius 3 is 2.70 bits per heavy atom. The summed E-state index contributed by atoms with van der Waals surface area (Å²) in [5, 5.41) is 7.92. The van der Waals surface area contributed by atoms with Gasteiger partial charge in [-0.25, -0.2) is 0 Å². The molecule has 0 spiro atoms. The average Bonchev–Trinajstić information content (AvgIpc) is 3.07. The lowest BCUT2D eigenvalue weighted by Crippen LogP contribution is -2.46. The second-order valence-corrected chi connectivity index (χ2v) is 8.57. The SMILES string of the molecule is CN=C(NCC1CCN(C)C1)NCC1CCCN(C)C1c1cccc(Cl)c1. The summed E-state index contributed by atoms with van der Waals surface area (Å²) < 4.78 is 0. The van der Waals surface area contributed by atoms with Gasteiger partial charge in [-0.05, 0) is 76.0 Å². The van der Waals surface area contributed by atoms with Crippen molar-refractivity contribution in [3.63, 3.8) is 0 Å². The Balaban J connectivity index is 1.56. The molecule has 3 unspecified atom stereocenters. The second kappa shape index (κ2) is 9.76. The predicted molar refractivity (Wildman–Crippen MR) is 115 cm³/mol. The molecule has 5 nitrogen and oxygen atoms in total. The van der Waals surface area contributed by atoms with Crippen LogP contribution in [-0.4, -0.2) is 69.6 Å². The summed E-state index contributed by atoms with van der Waals surface area (Å²) in [5.41, 5.74) is 1.31. The summed E-state index contributed by atoms with van der Waals surface area (Å²) >= 11 is 6.26. The number of guanidine groups is 1. The maximum Gasteiger partial charge on any atom is 0.190 e. The van der Waals surface area contributed by atoms with E-state index in [9.17, 15) is 0 Å². The van der Waals surface area contributed by atoms with Crippen LogP contribution < -0.4 is 10.6 Å². The van der Waals surface area contributed by atoms with Crippen molar-refractivity contribution in [2.75, 3.05) is 53.9 Å². The highest BCUT2D eigenvalue weighted by atomic mass is 35.5. The molecule has 0 aliphatic carbocycles. The second-order valence-electron chi connectivity index (χ2n) is 8.13. The minimum Gasteiger partial charge on any atom is -0.356 e. The maximum atomic E-state index is 6.26. The van der Waals surface area contributed by atoms with Gasteiger partial charge in [0.2, 0.25) is 0 Å². The quantitative estimate of drug-likeness (QED) is 0.598. The molecule has 2 heterocycles. The van der Waals surface area contributed by atoms with Crippen molar-refractivity contribution in [2.45, 2.75) is 25.3 Å². The van der Waals surface area contributed by atoms with Gasteiger partial charge in [0.25, 0.3) is 0 Å². The van der Waals surface area contributed by atoms with E-state index in [1.807, 2.05) is 13.1 Å². The first kappa shape index (κ1) is 20.4. The zero-order valence-electron chi connectivity index (χ0n) is 16.9. The standard InChI is InChI=1S/C21H34ClN5/c1-23-21(24-13-16-9-11-26(2)15-16)25-14-18-7-5-10-27(3)20(18)17-6-4-8-19(22)12-17/h4,6,8,12,16,18,20H,5,7,9-11,13-15H2,1-3H3,(H2,23,24,25). The topological polar surface area (TPSA) is 42.9 Å². The number of halogens is 1. The molecular weight excluding hydrogens is 358 g/mol. The highest BCUT2D eigenvalue weighted by Crippen LogP contribution is 2.35. The molecule has 0 aromatic heterocycles. The van der Waals surface area contributed by atoms with Gasteiger partial charge in [-0.2, -0.15) is 0 Å². The van der Waals surface area contributed by atoms with Gasteiger partial charge >= 0.3 is 0 Å². The monoisotopic (exact) mass is 391 g/mol. The number of nitrogens with one attached hydrogen (secondary N) is 2. The van der Waals surface area contributed by atoms with Crippen molar-refractivity contribution in [1.29, 1.82) is 0 Å². The van der Waals surface area contributed by atoms with E-state index in [1.165, 1.54) is 37.9 Å². The van der Waals surface area contributed by atoms with Crippen LogP contribution in [0.3, 0.4) is 0 Å². The van der Waals surface area contributed by atoms with Crippen molar-refractivity contribution in [3.8, 4) is 0 Å². The molecule has 2 saturated heterocycles. The Labute approximate surface area is 169 Å². The molecule has 2 fully saturated rings. The summed E-state index contributed by atoms with van der Waals surface area (Å²) in [6.07, 6.45) is 3.73. The largest absolute Gasteiger partial charge is 0.356 e. The van der Waals surface area contributed by atoms with Gasteiger partial charge < -0.3 is 15.5 Å². The fourth-order valence-corrected chi connectivity index (χ4v) is 4.77. The van der Waals surface area contributed by atoms with E-state index in [0.717, 1.165) is 30.6 Å². The van der Waals surface area contributed by atoms with Gasteiger partial charge in [0.1, 0.15) is 0 Å². The van der Waals surface area contributed by atoms with Crippen molar-refractivity contribution < 1.29 is 0 Å². The van der Waals surface area contributed by atoms with E-state index in [-0.39, 0.29) is 0 Å². The molecule has 1 aromatic rings. The number of benzene rings is 1. The number of piperidine rings is 1. The Bertz CT molecular complexity index is 635. The number of aliphatic imine (C=N–C) groups is 1. The number of nitrogens with zero attached hydrogens (tertiary/aromatic N) is 3. The Morgan fingerprint density at radius 1 is 1.19 bits per heavy atom. The summed E-state index contributed by atoms with van der Waals surface area (Å²) in [5.74, 6) is 2.18. The van der Waals surface area contributed by atoms with Gasteiger partial charge in [0, 0.05) is 37.7 Å². The Kier molecular flexibility index (Phi) is 7.39. The summed E-state index contributed by atoms with van der Waals surface area (Å²) in [4.78, 5) is 9.29. The lowest BCUT2D eigenvalue weighted by molar-refractivity contribution is 0.122. The van der Waals surface area contributed by atoms with Crippen LogP contribution in [0.25, 0.3) is 0 Å². The molecule has 0 radical (unpaired) electrons. The van der Waals surface area contributed by atoms with Crippen molar-refractivity contribution >= 4 is 17.6 Å². The summed E-state index contributed by atoms with van der Waals surface area (Å²) in [7, 11) is 6.28. The van der Waals surface area contributed by atoms with Gasteiger partial charge in [-0.15, -0.1) is 0 Å². The molecule has 0 bridgehead atoms. The minimum atomic E-state index is 0.395. The van der Waals surface area contributed by atoms with Crippen LogP contribution in [0.15, 0.2) is 29.3 Å². The van der Waals surface area contributed by atoms with E-state index in [1.54, 1.807) is 0 Å². The molecule has 2 aliphatic heterocycles. The third-order valence-corrected chi connectivity index (χ3v) is 6.23. The smallest absolute Gasteiger partial charge is 0.190 e. The van der Waals surface area contributed by atoms with Gasteiger partial charge in [0.05, 0.1) is 0 Å². The predicted octanol–water partition coefficient (Wildman–Crippen LogP) is 2.84. The third kappa shape index (κ3) is 5.59. The number of hydrogen-bond donors (Lipinski definition) is 2. The summed E-state index contributed by atoms with van der Waals surface area (Å²) in [6, 6.07) is 8.73. The van der Waals surface area contributed by atoms with Gasteiger partial charge in [0.15, 0.2) is 5.96 Å². The third-order valence-electron chi connectivity index (χ3n) is 6.00. The molecular formula is C21H34ClN5. The summed E-state index contributed by atoms with van der Waals surface area (Å²) in [6.45, 7) is 5.43. The molecule has 6 heteroatoms. The van der Waals surface area contributed by atoms with Gasteiger partial charge in [-0.1, -0.05) is 23.7 Å². The molecule has 1 aromatic carbocycles. The molecule has 27 heavy (non-hydrogen) atoms. The van der Waals surface area contributed by atoms with E-state index < -0.39 is 0 Å². The van der Waals surface area contributed by atoms with E-state index in [2.05, 4.69) is 57.7 Å². The minimum absolute atomic E-state index is 0.395.